The van der Waals surface area contributed by atoms with Gasteiger partial charge in [0.2, 0.25) is 5.91 Å². The maximum Gasteiger partial charge on any atom is 0.308 e. The van der Waals surface area contributed by atoms with Crippen molar-refractivity contribution in [2.45, 2.75) is 18.7 Å². The highest BCUT2D eigenvalue weighted by molar-refractivity contribution is 8.00. The van der Waals surface area contributed by atoms with Crippen LogP contribution >= 0.6 is 23.4 Å². The zero-order chi connectivity index (χ0) is 15.1. The molecule has 6 heteroatoms. The van der Waals surface area contributed by atoms with E-state index < -0.39 is 11.9 Å². The van der Waals surface area contributed by atoms with E-state index in [1.54, 1.807) is 6.07 Å². The number of aliphatic carboxylic acids is 1. The normalized spacial score (nSPS) is 12.2. The van der Waals surface area contributed by atoms with Crippen LogP contribution in [0.3, 0.4) is 0 Å². The maximum atomic E-state index is 11.7. The molecule has 0 saturated carbocycles. The number of hydrogen-bond donors (Lipinski definition) is 2. The molecule has 1 aromatic carbocycles. The Morgan fingerprint density at radius 1 is 1.35 bits per heavy atom. The minimum atomic E-state index is -0.890. The van der Waals surface area contributed by atoms with Gasteiger partial charge in [0, 0.05) is 11.4 Å². The third kappa shape index (κ3) is 5.43. The molecule has 110 valence electrons. The number of rotatable bonds is 7. The molecule has 20 heavy (non-hydrogen) atoms. The lowest BCUT2D eigenvalue weighted by Gasteiger charge is -2.16. The second kappa shape index (κ2) is 8.17. The number of amides is 1. The number of carboxylic acid groups (broad SMARTS) is 1. The van der Waals surface area contributed by atoms with Gasteiger partial charge in [0.15, 0.2) is 0 Å². The van der Waals surface area contributed by atoms with Crippen LogP contribution in [0, 0.1) is 11.8 Å². The Morgan fingerprint density at radius 3 is 2.55 bits per heavy atom. The largest absolute Gasteiger partial charge is 0.481 e. The van der Waals surface area contributed by atoms with Gasteiger partial charge in [0.25, 0.3) is 0 Å². The summed E-state index contributed by atoms with van der Waals surface area (Å²) in [5, 5.41) is 12.3. The van der Waals surface area contributed by atoms with Gasteiger partial charge in [-0.25, -0.2) is 0 Å². The van der Waals surface area contributed by atoms with Gasteiger partial charge >= 0.3 is 5.97 Å². The Kier molecular flexibility index (Phi) is 6.88. The number of carbonyl (C=O) groups excluding carboxylic acids is 1. The topological polar surface area (TPSA) is 66.4 Å². The molecule has 0 aliphatic carbocycles. The van der Waals surface area contributed by atoms with Crippen molar-refractivity contribution < 1.29 is 14.7 Å². The van der Waals surface area contributed by atoms with Gasteiger partial charge in [-0.05, 0) is 18.1 Å². The number of nitrogens with one attached hydrogen (secondary N) is 1. The summed E-state index contributed by atoms with van der Waals surface area (Å²) in [4.78, 5) is 23.5. The van der Waals surface area contributed by atoms with Crippen molar-refractivity contribution in [1.29, 1.82) is 0 Å². The van der Waals surface area contributed by atoms with E-state index in [4.69, 9.17) is 16.7 Å². The zero-order valence-corrected chi connectivity index (χ0v) is 13.0. The third-order valence-corrected chi connectivity index (χ3v) is 4.35. The standard InChI is InChI=1S/C14H18ClNO3S/c1-9(2)10(14(18)19)7-16-13(17)8-20-12-6-4-3-5-11(12)15/h3-6,9-10H,7-8H2,1-2H3,(H,16,17)(H,18,19). The van der Waals surface area contributed by atoms with E-state index in [9.17, 15) is 9.59 Å². The molecule has 1 atom stereocenters. The molecule has 1 aromatic rings. The Morgan fingerprint density at radius 2 is 2.00 bits per heavy atom. The summed E-state index contributed by atoms with van der Waals surface area (Å²) in [5.74, 6) is -1.46. The SMILES string of the molecule is CC(C)C(CNC(=O)CSc1ccccc1Cl)C(=O)O. The summed E-state index contributed by atoms with van der Waals surface area (Å²) >= 11 is 7.32. The summed E-state index contributed by atoms with van der Waals surface area (Å²) in [6.45, 7) is 3.79. The van der Waals surface area contributed by atoms with Gasteiger partial charge in [-0.2, -0.15) is 0 Å². The van der Waals surface area contributed by atoms with E-state index in [2.05, 4.69) is 5.32 Å². The molecule has 0 bridgehead atoms. The van der Waals surface area contributed by atoms with Crippen molar-refractivity contribution in [3.8, 4) is 0 Å². The lowest BCUT2D eigenvalue weighted by molar-refractivity contribution is -0.143. The molecule has 0 fully saturated rings. The van der Waals surface area contributed by atoms with E-state index in [1.165, 1.54) is 11.8 Å². The van der Waals surface area contributed by atoms with Crippen LogP contribution < -0.4 is 5.32 Å². The molecular weight excluding hydrogens is 298 g/mol. The number of carboxylic acids is 1. The van der Waals surface area contributed by atoms with Gasteiger partial charge in [-0.1, -0.05) is 37.6 Å². The monoisotopic (exact) mass is 315 g/mol. The molecule has 0 spiro atoms. The zero-order valence-electron chi connectivity index (χ0n) is 11.4. The molecule has 0 heterocycles. The Bertz CT molecular complexity index is 479. The second-order valence-electron chi connectivity index (χ2n) is 4.71. The van der Waals surface area contributed by atoms with E-state index in [0.717, 1.165) is 4.90 Å². The van der Waals surface area contributed by atoms with Crippen molar-refractivity contribution in [2.75, 3.05) is 12.3 Å². The molecule has 2 N–H and O–H groups in total. The van der Waals surface area contributed by atoms with Gasteiger partial charge in [0.1, 0.15) is 0 Å². The molecule has 0 aliphatic heterocycles. The van der Waals surface area contributed by atoms with E-state index >= 15 is 0 Å². The smallest absolute Gasteiger partial charge is 0.308 e. The highest BCUT2D eigenvalue weighted by atomic mass is 35.5. The van der Waals surface area contributed by atoms with Gasteiger partial charge in [-0.3, -0.25) is 9.59 Å². The van der Waals surface area contributed by atoms with E-state index in [-0.39, 0.29) is 24.1 Å². The van der Waals surface area contributed by atoms with Gasteiger partial charge in [0.05, 0.1) is 16.7 Å². The Labute approximate surface area is 127 Å². The molecule has 0 aromatic heterocycles. The Balaban J connectivity index is 2.41. The van der Waals surface area contributed by atoms with Crippen molar-refractivity contribution in [1.82, 2.24) is 5.32 Å². The predicted molar refractivity (Wildman–Crippen MR) is 81.1 cm³/mol. The first-order valence-corrected chi connectivity index (χ1v) is 7.65. The third-order valence-electron chi connectivity index (χ3n) is 2.84. The number of carbonyl (C=O) groups is 2. The van der Waals surface area contributed by atoms with Crippen LogP contribution in [0.2, 0.25) is 5.02 Å². The average Bonchev–Trinajstić information content (AvgIpc) is 2.37. The lowest BCUT2D eigenvalue weighted by atomic mass is 9.96. The van der Waals surface area contributed by atoms with Crippen molar-refractivity contribution in [3.63, 3.8) is 0 Å². The van der Waals surface area contributed by atoms with E-state index in [0.29, 0.717) is 5.02 Å². The molecule has 1 rings (SSSR count). The van der Waals surface area contributed by atoms with Crippen LogP contribution in [0.5, 0.6) is 0 Å². The first-order chi connectivity index (χ1) is 9.41. The second-order valence-corrected chi connectivity index (χ2v) is 6.14. The Hall–Kier alpha value is -1.20. The van der Waals surface area contributed by atoms with Crippen LogP contribution in [0.4, 0.5) is 0 Å². The summed E-state index contributed by atoms with van der Waals surface area (Å²) in [6.07, 6.45) is 0. The molecule has 0 radical (unpaired) electrons. The summed E-state index contributed by atoms with van der Waals surface area (Å²) in [6, 6.07) is 7.29. The van der Waals surface area contributed by atoms with Crippen molar-refractivity contribution >= 4 is 35.2 Å². The first kappa shape index (κ1) is 16.9. The van der Waals surface area contributed by atoms with Crippen molar-refractivity contribution in [2.24, 2.45) is 11.8 Å². The highest BCUT2D eigenvalue weighted by Gasteiger charge is 2.21. The lowest BCUT2D eigenvalue weighted by Crippen LogP contribution is -2.36. The number of benzene rings is 1. The van der Waals surface area contributed by atoms with Crippen LogP contribution in [0.25, 0.3) is 0 Å². The number of hydrogen-bond acceptors (Lipinski definition) is 3. The van der Waals surface area contributed by atoms with E-state index in [1.807, 2.05) is 32.0 Å². The van der Waals surface area contributed by atoms with Crippen LogP contribution in [0.1, 0.15) is 13.8 Å². The maximum absolute atomic E-state index is 11.7. The summed E-state index contributed by atoms with van der Waals surface area (Å²) < 4.78 is 0. The van der Waals surface area contributed by atoms with Gasteiger partial charge in [-0.15, -0.1) is 11.8 Å². The number of halogens is 1. The summed E-state index contributed by atoms with van der Waals surface area (Å²) in [5.41, 5.74) is 0. The molecule has 4 nitrogen and oxygen atoms in total. The average molecular weight is 316 g/mol. The quantitative estimate of drug-likeness (QED) is 0.759. The summed E-state index contributed by atoms with van der Waals surface area (Å²) in [7, 11) is 0. The fourth-order valence-electron chi connectivity index (χ4n) is 1.59. The minimum absolute atomic E-state index is 0.0241. The predicted octanol–water partition coefficient (Wildman–Crippen LogP) is 2.91. The molecule has 0 saturated heterocycles. The molecule has 0 aliphatic rings. The minimum Gasteiger partial charge on any atom is -0.481 e. The fourth-order valence-corrected chi connectivity index (χ4v) is 2.66. The van der Waals surface area contributed by atoms with Crippen molar-refractivity contribution in [3.05, 3.63) is 29.3 Å². The fraction of sp³-hybridized carbons (Fsp3) is 0.429. The van der Waals surface area contributed by atoms with Crippen LogP contribution in [-0.2, 0) is 9.59 Å². The van der Waals surface area contributed by atoms with Gasteiger partial charge < -0.3 is 10.4 Å². The van der Waals surface area contributed by atoms with Crippen LogP contribution in [-0.4, -0.2) is 29.3 Å². The molecular formula is C14H18ClNO3S. The highest BCUT2D eigenvalue weighted by Crippen LogP contribution is 2.26. The van der Waals surface area contributed by atoms with Crippen LogP contribution in [0.15, 0.2) is 29.2 Å². The molecule has 1 unspecified atom stereocenters. The number of thioether (sulfide) groups is 1. The molecule has 1 amide bonds. The first-order valence-electron chi connectivity index (χ1n) is 6.28.